The third-order valence-electron chi connectivity index (χ3n) is 3.07. The van der Waals surface area contributed by atoms with E-state index in [4.69, 9.17) is 0 Å². The number of thiazole rings is 1. The van der Waals surface area contributed by atoms with Crippen LogP contribution >= 0.6 is 23.3 Å². The van der Waals surface area contributed by atoms with Crippen LogP contribution in [0.3, 0.4) is 0 Å². The van der Waals surface area contributed by atoms with Crippen LogP contribution in [0.15, 0.2) is 28.6 Å². The summed E-state index contributed by atoms with van der Waals surface area (Å²) in [5, 5.41) is 0. The van der Waals surface area contributed by atoms with E-state index in [0.717, 1.165) is 15.8 Å². The standard InChI is InChI=1S/C14H20N2S2/c1-4-10(2)9-11(3)16-18-14-15-12-7-5-6-8-13(12)17-14/h5-8,10-11,16H,4,9H2,1-3H3. The van der Waals surface area contributed by atoms with Crippen molar-refractivity contribution in [2.75, 3.05) is 0 Å². The molecule has 1 heterocycles. The molecule has 0 aliphatic rings. The Hall–Kier alpha value is -0.580. The Balaban J connectivity index is 1.89. The lowest BCUT2D eigenvalue weighted by atomic mass is 10.0. The van der Waals surface area contributed by atoms with E-state index < -0.39 is 0 Å². The van der Waals surface area contributed by atoms with Crippen LogP contribution in [0.2, 0.25) is 0 Å². The number of fused-ring (bicyclic) bond motifs is 1. The molecular weight excluding hydrogens is 260 g/mol. The second-order valence-corrected chi connectivity index (χ2v) is 6.93. The van der Waals surface area contributed by atoms with E-state index in [-0.39, 0.29) is 0 Å². The molecule has 0 saturated carbocycles. The minimum Gasteiger partial charge on any atom is -0.255 e. The Labute approximate surface area is 117 Å². The second kappa shape index (κ2) is 6.55. The number of nitrogens with zero attached hydrogens (tertiary/aromatic N) is 1. The first kappa shape index (κ1) is 13.8. The molecule has 0 aliphatic carbocycles. The van der Waals surface area contributed by atoms with Crippen LogP contribution in [0.5, 0.6) is 0 Å². The van der Waals surface area contributed by atoms with E-state index >= 15 is 0 Å². The van der Waals surface area contributed by atoms with E-state index in [1.165, 1.54) is 17.5 Å². The molecule has 2 nitrogen and oxygen atoms in total. The van der Waals surface area contributed by atoms with E-state index in [1.54, 1.807) is 23.3 Å². The van der Waals surface area contributed by atoms with Gasteiger partial charge in [-0.05, 0) is 43.3 Å². The molecule has 0 saturated heterocycles. The van der Waals surface area contributed by atoms with Crippen molar-refractivity contribution in [1.29, 1.82) is 0 Å². The molecule has 18 heavy (non-hydrogen) atoms. The average molecular weight is 280 g/mol. The van der Waals surface area contributed by atoms with Gasteiger partial charge in [0.2, 0.25) is 0 Å². The highest BCUT2D eigenvalue weighted by Gasteiger charge is 2.09. The second-order valence-electron chi connectivity index (χ2n) is 4.82. The lowest BCUT2D eigenvalue weighted by Gasteiger charge is -2.15. The van der Waals surface area contributed by atoms with Crippen LogP contribution in [-0.2, 0) is 0 Å². The van der Waals surface area contributed by atoms with Crippen molar-refractivity contribution < 1.29 is 0 Å². The fourth-order valence-electron chi connectivity index (χ4n) is 1.86. The van der Waals surface area contributed by atoms with Gasteiger partial charge in [0.05, 0.1) is 10.2 Å². The minimum atomic E-state index is 0.525. The predicted molar refractivity (Wildman–Crippen MR) is 82.1 cm³/mol. The van der Waals surface area contributed by atoms with Crippen molar-refractivity contribution in [2.24, 2.45) is 5.92 Å². The molecule has 2 rings (SSSR count). The largest absolute Gasteiger partial charge is 0.255 e. The smallest absolute Gasteiger partial charge is 0.166 e. The molecule has 0 fully saturated rings. The van der Waals surface area contributed by atoms with Gasteiger partial charge in [-0.3, -0.25) is 4.72 Å². The molecular formula is C14H20N2S2. The van der Waals surface area contributed by atoms with Crippen molar-refractivity contribution in [1.82, 2.24) is 9.71 Å². The highest BCUT2D eigenvalue weighted by Crippen LogP contribution is 2.28. The van der Waals surface area contributed by atoms with Crippen LogP contribution in [0.25, 0.3) is 10.2 Å². The topological polar surface area (TPSA) is 24.9 Å². The maximum absolute atomic E-state index is 4.60. The summed E-state index contributed by atoms with van der Waals surface area (Å²) >= 11 is 3.42. The summed E-state index contributed by atoms with van der Waals surface area (Å²) in [6, 6.07) is 8.82. The first-order valence-electron chi connectivity index (χ1n) is 6.47. The maximum Gasteiger partial charge on any atom is 0.166 e. The van der Waals surface area contributed by atoms with Crippen LogP contribution in [0.1, 0.15) is 33.6 Å². The van der Waals surface area contributed by atoms with Gasteiger partial charge >= 0.3 is 0 Å². The van der Waals surface area contributed by atoms with Crippen molar-refractivity contribution in [3.05, 3.63) is 24.3 Å². The molecule has 0 radical (unpaired) electrons. The molecule has 2 unspecified atom stereocenters. The summed E-state index contributed by atoms with van der Waals surface area (Å²) in [6.45, 7) is 6.80. The molecule has 0 bridgehead atoms. The fraction of sp³-hybridized carbons (Fsp3) is 0.500. The van der Waals surface area contributed by atoms with Gasteiger partial charge in [-0.2, -0.15) is 0 Å². The number of para-hydroxylation sites is 1. The zero-order chi connectivity index (χ0) is 13.0. The van der Waals surface area contributed by atoms with Gasteiger partial charge < -0.3 is 0 Å². The molecule has 2 aromatic rings. The highest BCUT2D eigenvalue weighted by molar-refractivity contribution is 7.99. The van der Waals surface area contributed by atoms with E-state index in [2.05, 4.69) is 48.7 Å². The molecule has 1 aromatic heterocycles. The lowest BCUT2D eigenvalue weighted by Crippen LogP contribution is -2.21. The monoisotopic (exact) mass is 280 g/mol. The Kier molecular flexibility index (Phi) is 5.03. The van der Waals surface area contributed by atoms with Crippen LogP contribution < -0.4 is 4.72 Å². The van der Waals surface area contributed by atoms with Gasteiger partial charge in [0, 0.05) is 6.04 Å². The Morgan fingerprint density at radius 2 is 2.11 bits per heavy atom. The number of aromatic nitrogens is 1. The van der Waals surface area contributed by atoms with Gasteiger partial charge in [-0.25, -0.2) is 4.98 Å². The van der Waals surface area contributed by atoms with Gasteiger partial charge in [-0.1, -0.05) is 32.4 Å². The molecule has 98 valence electrons. The number of hydrogen-bond acceptors (Lipinski definition) is 4. The van der Waals surface area contributed by atoms with Crippen LogP contribution in [-0.4, -0.2) is 11.0 Å². The zero-order valence-corrected chi connectivity index (χ0v) is 12.8. The molecule has 0 spiro atoms. The lowest BCUT2D eigenvalue weighted by molar-refractivity contribution is 0.456. The van der Waals surface area contributed by atoms with Crippen molar-refractivity contribution in [3.8, 4) is 0 Å². The summed E-state index contributed by atoms with van der Waals surface area (Å²) in [5.41, 5.74) is 1.10. The van der Waals surface area contributed by atoms with Gasteiger partial charge in [0.25, 0.3) is 0 Å². The summed E-state index contributed by atoms with van der Waals surface area (Å²) < 4.78 is 5.85. The average Bonchev–Trinajstić information content (AvgIpc) is 2.79. The Bertz CT molecular complexity index is 462. The molecule has 0 amide bonds. The van der Waals surface area contributed by atoms with Crippen molar-refractivity contribution in [2.45, 2.75) is 44.0 Å². The van der Waals surface area contributed by atoms with E-state index in [9.17, 15) is 0 Å². The maximum atomic E-state index is 4.60. The summed E-state index contributed by atoms with van der Waals surface area (Å²) in [7, 11) is 0. The molecule has 1 N–H and O–H groups in total. The van der Waals surface area contributed by atoms with Gasteiger partial charge in [0.15, 0.2) is 4.34 Å². The third kappa shape index (κ3) is 3.70. The summed E-state index contributed by atoms with van der Waals surface area (Å²) in [4.78, 5) is 4.60. The number of nitrogens with one attached hydrogen (secondary N) is 1. The zero-order valence-electron chi connectivity index (χ0n) is 11.1. The van der Waals surface area contributed by atoms with E-state index in [1.807, 2.05) is 6.07 Å². The third-order valence-corrected chi connectivity index (χ3v) is 5.19. The summed E-state index contributed by atoms with van der Waals surface area (Å²) in [6.07, 6.45) is 2.46. The van der Waals surface area contributed by atoms with Crippen molar-refractivity contribution in [3.63, 3.8) is 0 Å². The minimum absolute atomic E-state index is 0.525. The number of benzene rings is 1. The first-order valence-corrected chi connectivity index (χ1v) is 8.10. The summed E-state index contributed by atoms with van der Waals surface area (Å²) in [5.74, 6) is 0.781. The number of hydrogen-bond donors (Lipinski definition) is 1. The Morgan fingerprint density at radius 1 is 1.33 bits per heavy atom. The SMILES string of the molecule is CCC(C)CC(C)NSc1nc2ccccc2s1. The van der Waals surface area contributed by atoms with Crippen molar-refractivity contribution >= 4 is 33.5 Å². The Morgan fingerprint density at radius 3 is 2.83 bits per heavy atom. The predicted octanol–water partition coefficient (Wildman–Crippen LogP) is 4.72. The van der Waals surface area contributed by atoms with Gasteiger partial charge in [0.1, 0.15) is 0 Å². The normalized spacial score (nSPS) is 14.8. The van der Waals surface area contributed by atoms with E-state index in [0.29, 0.717) is 6.04 Å². The first-order chi connectivity index (χ1) is 8.69. The molecule has 1 aromatic carbocycles. The number of rotatable bonds is 6. The van der Waals surface area contributed by atoms with Crippen LogP contribution in [0, 0.1) is 5.92 Å². The molecule has 0 aliphatic heterocycles. The quantitative estimate of drug-likeness (QED) is 0.775. The fourth-order valence-corrected chi connectivity index (χ4v) is 3.68. The molecule has 2 atom stereocenters. The van der Waals surface area contributed by atoms with Gasteiger partial charge in [-0.15, -0.1) is 11.3 Å². The highest BCUT2D eigenvalue weighted by atomic mass is 32.2. The molecule has 4 heteroatoms. The van der Waals surface area contributed by atoms with Crippen LogP contribution in [0.4, 0.5) is 0 Å².